The Morgan fingerprint density at radius 2 is 1.80 bits per heavy atom. The Hall–Kier alpha value is -1.97. The molecule has 104 valence electrons. The molecule has 1 aromatic heterocycles. The SMILES string of the molecule is C=C(C[C@H](O)c1cccnc1)[C@H](CO)c1ccccc1. The number of pyridine rings is 1. The number of hydrogen-bond acceptors (Lipinski definition) is 3. The van der Waals surface area contributed by atoms with Crippen molar-refractivity contribution in [1.82, 2.24) is 4.98 Å². The first kappa shape index (κ1) is 14.4. The van der Waals surface area contributed by atoms with Gasteiger partial charge in [-0.2, -0.15) is 0 Å². The van der Waals surface area contributed by atoms with E-state index in [9.17, 15) is 10.2 Å². The lowest BCUT2D eigenvalue weighted by atomic mass is 9.88. The molecule has 0 aliphatic rings. The summed E-state index contributed by atoms with van der Waals surface area (Å²) in [6.07, 6.45) is 3.08. The van der Waals surface area contributed by atoms with E-state index in [1.165, 1.54) is 0 Å². The number of nitrogens with zero attached hydrogens (tertiary/aromatic N) is 1. The van der Waals surface area contributed by atoms with Crippen LogP contribution >= 0.6 is 0 Å². The molecule has 0 bridgehead atoms. The van der Waals surface area contributed by atoms with Gasteiger partial charge in [0.25, 0.3) is 0 Å². The number of aliphatic hydroxyl groups excluding tert-OH is 2. The summed E-state index contributed by atoms with van der Waals surface area (Å²) in [6.45, 7) is 4.02. The van der Waals surface area contributed by atoms with E-state index in [1.54, 1.807) is 18.5 Å². The van der Waals surface area contributed by atoms with E-state index >= 15 is 0 Å². The van der Waals surface area contributed by atoms with Crippen LogP contribution in [-0.2, 0) is 0 Å². The van der Waals surface area contributed by atoms with Crippen molar-refractivity contribution >= 4 is 0 Å². The first-order valence-electron chi connectivity index (χ1n) is 6.64. The van der Waals surface area contributed by atoms with Gasteiger partial charge in [0.15, 0.2) is 0 Å². The van der Waals surface area contributed by atoms with E-state index < -0.39 is 6.10 Å². The van der Waals surface area contributed by atoms with Crippen LogP contribution in [0.25, 0.3) is 0 Å². The lowest BCUT2D eigenvalue weighted by molar-refractivity contribution is 0.173. The third kappa shape index (κ3) is 3.53. The van der Waals surface area contributed by atoms with Crippen molar-refractivity contribution in [1.29, 1.82) is 0 Å². The summed E-state index contributed by atoms with van der Waals surface area (Å²) in [5.74, 6) is -0.150. The minimum Gasteiger partial charge on any atom is -0.395 e. The van der Waals surface area contributed by atoms with E-state index in [0.29, 0.717) is 6.42 Å². The Bertz CT molecular complexity index is 539. The van der Waals surface area contributed by atoms with Crippen LogP contribution in [0, 0.1) is 0 Å². The zero-order chi connectivity index (χ0) is 14.4. The summed E-state index contributed by atoms with van der Waals surface area (Å²) in [4.78, 5) is 4.00. The van der Waals surface area contributed by atoms with Gasteiger partial charge in [-0.25, -0.2) is 0 Å². The van der Waals surface area contributed by atoms with Gasteiger partial charge in [0, 0.05) is 18.3 Å². The average molecular weight is 269 g/mol. The molecule has 2 rings (SSSR count). The van der Waals surface area contributed by atoms with Gasteiger partial charge in [0.05, 0.1) is 12.7 Å². The third-order valence-electron chi connectivity index (χ3n) is 3.40. The smallest absolute Gasteiger partial charge is 0.0842 e. The van der Waals surface area contributed by atoms with E-state index in [2.05, 4.69) is 11.6 Å². The van der Waals surface area contributed by atoms with Crippen molar-refractivity contribution in [3.63, 3.8) is 0 Å². The quantitative estimate of drug-likeness (QED) is 0.793. The molecule has 0 amide bonds. The number of benzene rings is 1. The fourth-order valence-corrected chi connectivity index (χ4v) is 2.24. The molecule has 1 aromatic carbocycles. The van der Waals surface area contributed by atoms with Crippen molar-refractivity contribution < 1.29 is 10.2 Å². The second kappa shape index (κ2) is 6.98. The molecule has 0 saturated carbocycles. The lowest BCUT2D eigenvalue weighted by Crippen LogP contribution is -2.10. The molecule has 0 fully saturated rings. The van der Waals surface area contributed by atoms with Crippen molar-refractivity contribution in [2.45, 2.75) is 18.4 Å². The highest BCUT2D eigenvalue weighted by molar-refractivity contribution is 5.29. The molecule has 0 aliphatic carbocycles. The Morgan fingerprint density at radius 1 is 1.10 bits per heavy atom. The third-order valence-corrected chi connectivity index (χ3v) is 3.40. The molecular weight excluding hydrogens is 250 g/mol. The van der Waals surface area contributed by atoms with Crippen LogP contribution in [0.5, 0.6) is 0 Å². The first-order chi connectivity index (χ1) is 9.72. The molecule has 20 heavy (non-hydrogen) atoms. The monoisotopic (exact) mass is 269 g/mol. The molecular formula is C17H19NO2. The van der Waals surface area contributed by atoms with Crippen LogP contribution in [0.3, 0.4) is 0 Å². The summed E-state index contributed by atoms with van der Waals surface area (Å²) in [7, 11) is 0. The molecule has 2 N–H and O–H groups in total. The summed E-state index contributed by atoms with van der Waals surface area (Å²) in [5.41, 5.74) is 2.59. The largest absolute Gasteiger partial charge is 0.395 e. The Labute approximate surface area is 119 Å². The second-order valence-corrected chi connectivity index (χ2v) is 4.81. The summed E-state index contributed by atoms with van der Waals surface area (Å²) >= 11 is 0. The molecule has 0 radical (unpaired) electrons. The topological polar surface area (TPSA) is 53.4 Å². The standard InChI is InChI=1S/C17H19NO2/c1-13(10-17(20)15-8-5-9-18-11-15)16(12-19)14-6-3-2-4-7-14/h2-9,11,16-17,19-20H,1,10,12H2/t16-,17-/m0/s1. The molecule has 0 spiro atoms. The van der Waals surface area contributed by atoms with Crippen LogP contribution in [0.2, 0.25) is 0 Å². The van der Waals surface area contributed by atoms with Gasteiger partial charge in [-0.15, -0.1) is 0 Å². The highest BCUT2D eigenvalue weighted by Gasteiger charge is 2.18. The molecule has 0 aliphatic heterocycles. The van der Waals surface area contributed by atoms with Gasteiger partial charge < -0.3 is 10.2 Å². The Kier molecular flexibility index (Phi) is 5.04. The van der Waals surface area contributed by atoms with Gasteiger partial charge in [0.1, 0.15) is 0 Å². The number of hydrogen-bond donors (Lipinski definition) is 2. The van der Waals surface area contributed by atoms with E-state index in [-0.39, 0.29) is 12.5 Å². The zero-order valence-electron chi connectivity index (χ0n) is 11.3. The minimum atomic E-state index is -0.644. The maximum Gasteiger partial charge on any atom is 0.0842 e. The van der Waals surface area contributed by atoms with Crippen molar-refractivity contribution in [3.8, 4) is 0 Å². The van der Waals surface area contributed by atoms with Crippen LogP contribution < -0.4 is 0 Å². The predicted octanol–water partition coefficient (Wildman–Crippen LogP) is 2.84. The molecule has 3 nitrogen and oxygen atoms in total. The van der Waals surface area contributed by atoms with Gasteiger partial charge >= 0.3 is 0 Å². The second-order valence-electron chi connectivity index (χ2n) is 4.81. The first-order valence-corrected chi connectivity index (χ1v) is 6.64. The summed E-state index contributed by atoms with van der Waals surface area (Å²) in [5, 5.41) is 19.8. The average Bonchev–Trinajstić information content (AvgIpc) is 2.50. The molecule has 1 heterocycles. The maximum atomic E-state index is 10.2. The minimum absolute atomic E-state index is 0.0113. The fraction of sp³-hybridized carbons (Fsp3) is 0.235. The van der Waals surface area contributed by atoms with E-state index in [4.69, 9.17) is 0 Å². The summed E-state index contributed by atoms with van der Waals surface area (Å²) < 4.78 is 0. The van der Waals surface area contributed by atoms with Crippen LogP contribution in [-0.4, -0.2) is 21.8 Å². The zero-order valence-corrected chi connectivity index (χ0v) is 11.3. The highest BCUT2D eigenvalue weighted by atomic mass is 16.3. The van der Waals surface area contributed by atoms with Gasteiger partial charge in [0.2, 0.25) is 0 Å². The number of aromatic nitrogens is 1. The van der Waals surface area contributed by atoms with Crippen LogP contribution in [0.4, 0.5) is 0 Å². The number of aliphatic hydroxyl groups is 2. The van der Waals surface area contributed by atoms with Crippen molar-refractivity contribution in [3.05, 3.63) is 78.1 Å². The van der Waals surface area contributed by atoms with Crippen LogP contribution in [0.1, 0.15) is 29.6 Å². The fourth-order valence-electron chi connectivity index (χ4n) is 2.24. The van der Waals surface area contributed by atoms with Crippen LogP contribution in [0.15, 0.2) is 67.0 Å². The Morgan fingerprint density at radius 3 is 2.40 bits per heavy atom. The molecule has 2 aromatic rings. The molecule has 0 unspecified atom stereocenters. The maximum absolute atomic E-state index is 10.2. The van der Waals surface area contributed by atoms with Gasteiger partial charge in [-0.05, 0) is 23.6 Å². The molecule has 3 heteroatoms. The van der Waals surface area contributed by atoms with E-state index in [1.807, 2.05) is 36.4 Å². The predicted molar refractivity (Wildman–Crippen MR) is 79.2 cm³/mol. The van der Waals surface area contributed by atoms with E-state index in [0.717, 1.165) is 16.7 Å². The summed E-state index contributed by atoms with van der Waals surface area (Å²) in [6, 6.07) is 13.4. The number of rotatable bonds is 6. The van der Waals surface area contributed by atoms with Gasteiger partial charge in [-0.3, -0.25) is 4.98 Å². The highest BCUT2D eigenvalue weighted by Crippen LogP contribution is 2.29. The normalized spacial score (nSPS) is 13.7. The van der Waals surface area contributed by atoms with Gasteiger partial charge in [-0.1, -0.05) is 48.6 Å². The van der Waals surface area contributed by atoms with Crippen molar-refractivity contribution in [2.75, 3.05) is 6.61 Å². The van der Waals surface area contributed by atoms with Crippen molar-refractivity contribution in [2.24, 2.45) is 0 Å². The molecule has 0 saturated heterocycles. The Balaban J connectivity index is 2.07. The lowest BCUT2D eigenvalue weighted by Gasteiger charge is -2.20. The molecule has 2 atom stereocenters.